The van der Waals surface area contributed by atoms with Crippen molar-refractivity contribution in [2.24, 2.45) is 0 Å². The molecule has 28 heavy (non-hydrogen) atoms. The Morgan fingerprint density at radius 2 is 1.79 bits per heavy atom. The van der Waals surface area contributed by atoms with E-state index in [1.54, 1.807) is 6.20 Å². The summed E-state index contributed by atoms with van der Waals surface area (Å²) in [4.78, 5) is 21.5. The van der Waals surface area contributed by atoms with Crippen molar-refractivity contribution in [3.05, 3.63) is 71.4 Å². The first-order valence-corrected chi connectivity index (χ1v) is 9.28. The van der Waals surface area contributed by atoms with Crippen LogP contribution in [-0.2, 0) is 12.0 Å². The molecular formula is C22H23N5O. The van der Waals surface area contributed by atoms with E-state index >= 15 is 0 Å². The number of fused-ring (bicyclic) bond motifs is 2. The van der Waals surface area contributed by atoms with Gasteiger partial charge in [0, 0.05) is 12.7 Å². The van der Waals surface area contributed by atoms with Gasteiger partial charge in [0.25, 0.3) is 5.91 Å². The molecule has 0 bridgehead atoms. The van der Waals surface area contributed by atoms with Crippen LogP contribution in [0.15, 0.2) is 54.7 Å². The van der Waals surface area contributed by atoms with E-state index in [0.29, 0.717) is 23.9 Å². The molecule has 0 atom stereocenters. The van der Waals surface area contributed by atoms with Gasteiger partial charge in [-0.3, -0.25) is 4.79 Å². The molecule has 0 unspecified atom stereocenters. The van der Waals surface area contributed by atoms with Gasteiger partial charge in [-0.25, -0.2) is 4.98 Å². The molecule has 0 radical (unpaired) electrons. The SMILES string of the molecule is CC(C)(C)c1ccc2c(c1)NC(=O)c1cnc(NCc3ccccc3)nc1N2. The second kappa shape index (κ2) is 6.96. The molecule has 6 nitrogen and oxygen atoms in total. The number of hydrogen-bond acceptors (Lipinski definition) is 5. The maximum absolute atomic E-state index is 12.7. The Morgan fingerprint density at radius 3 is 2.54 bits per heavy atom. The number of nitrogens with zero attached hydrogens (tertiary/aromatic N) is 2. The minimum atomic E-state index is -0.220. The van der Waals surface area contributed by atoms with Crippen LogP contribution in [0.4, 0.5) is 23.1 Å². The monoisotopic (exact) mass is 373 g/mol. The van der Waals surface area contributed by atoms with Gasteiger partial charge in [-0.15, -0.1) is 0 Å². The topological polar surface area (TPSA) is 78.9 Å². The van der Waals surface area contributed by atoms with Crippen molar-refractivity contribution >= 4 is 29.0 Å². The van der Waals surface area contributed by atoms with Crippen molar-refractivity contribution in [1.29, 1.82) is 0 Å². The fourth-order valence-corrected chi connectivity index (χ4v) is 3.05. The summed E-state index contributed by atoms with van der Waals surface area (Å²) in [6.07, 6.45) is 1.55. The van der Waals surface area contributed by atoms with Gasteiger partial charge >= 0.3 is 0 Å². The fourth-order valence-electron chi connectivity index (χ4n) is 3.05. The Labute approximate surface area is 164 Å². The van der Waals surface area contributed by atoms with Crippen molar-refractivity contribution in [3.8, 4) is 0 Å². The van der Waals surface area contributed by atoms with Crippen LogP contribution in [-0.4, -0.2) is 15.9 Å². The molecule has 0 fully saturated rings. The molecule has 1 aliphatic rings. The first-order valence-electron chi connectivity index (χ1n) is 9.28. The van der Waals surface area contributed by atoms with E-state index < -0.39 is 0 Å². The van der Waals surface area contributed by atoms with E-state index in [2.05, 4.69) is 52.8 Å². The molecule has 0 spiro atoms. The van der Waals surface area contributed by atoms with Crippen molar-refractivity contribution in [1.82, 2.24) is 9.97 Å². The van der Waals surface area contributed by atoms with Gasteiger partial charge in [-0.1, -0.05) is 57.2 Å². The summed E-state index contributed by atoms with van der Waals surface area (Å²) in [5.41, 5.74) is 4.25. The summed E-state index contributed by atoms with van der Waals surface area (Å²) in [6.45, 7) is 7.04. The number of nitrogens with one attached hydrogen (secondary N) is 3. The van der Waals surface area contributed by atoms with Crippen LogP contribution in [0, 0.1) is 0 Å². The number of aromatic nitrogens is 2. The number of rotatable bonds is 3. The maximum atomic E-state index is 12.7. The highest BCUT2D eigenvalue weighted by atomic mass is 16.1. The molecule has 1 aromatic heterocycles. The zero-order chi connectivity index (χ0) is 19.7. The summed E-state index contributed by atoms with van der Waals surface area (Å²) in [5, 5.41) is 9.45. The summed E-state index contributed by atoms with van der Waals surface area (Å²) >= 11 is 0. The zero-order valence-electron chi connectivity index (χ0n) is 16.2. The number of amides is 1. The zero-order valence-corrected chi connectivity index (χ0v) is 16.2. The maximum Gasteiger partial charge on any atom is 0.261 e. The largest absolute Gasteiger partial charge is 0.350 e. The quantitative estimate of drug-likeness (QED) is 0.620. The van der Waals surface area contributed by atoms with Crippen molar-refractivity contribution in [2.45, 2.75) is 32.7 Å². The van der Waals surface area contributed by atoms with E-state index in [1.807, 2.05) is 42.5 Å². The van der Waals surface area contributed by atoms with Crippen LogP contribution in [0.5, 0.6) is 0 Å². The molecule has 0 saturated heterocycles. The van der Waals surface area contributed by atoms with E-state index in [4.69, 9.17) is 0 Å². The smallest absolute Gasteiger partial charge is 0.261 e. The van der Waals surface area contributed by atoms with E-state index in [0.717, 1.165) is 22.5 Å². The fraction of sp³-hybridized carbons (Fsp3) is 0.227. The van der Waals surface area contributed by atoms with Crippen LogP contribution in [0.1, 0.15) is 42.3 Å². The highest BCUT2D eigenvalue weighted by Crippen LogP contribution is 2.34. The van der Waals surface area contributed by atoms with Crippen molar-refractivity contribution in [2.75, 3.05) is 16.0 Å². The molecule has 4 rings (SSSR count). The summed E-state index contributed by atoms with van der Waals surface area (Å²) in [5.74, 6) is 0.741. The number of hydrogen-bond donors (Lipinski definition) is 3. The average Bonchev–Trinajstić information content (AvgIpc) is 2.81. The van der Waals surface area contributed by atoms with Gasteiger partial charge < -0.3 is 16.0 Å². The predicted octanol–water partition coefficient (Wildman–Crippen LogP) is 4.70. The van der Waals surface area contributed by atoms with Gasteiger partial charge in [-0.2, -0.15) is 4.98 Å². The van der Waals surface area contributed by atoms with E-state index in [-0.39, 0.29) is 11.3 Å². The lowest BCUT2D eigenvalue weighted by Gasteiger charge is -2.21. The summed E-state index contributed by atoms with van der Waals surface area (Å²) in [7, 11) is 0. The first kappa shape index (κ1) is 18.0. The average molecular weight is 373 g/mol. The third-order valence-electron chi connectivity index (χ3n) is 4.71. The molecule has 3 aromatic rings. The van der Waals surface area contributed by atoms with Gasteiger partial charge in [0.15, 0.2) is 0 Å². The van der Waals surface area contributed by atoms with Crippen molar-refractivity contribution < 1.29 is 4.79 Å². The standard InChI is InChI=1S/C22H23N5O/c1-22(2,3)15-9-10-17-18(11-15)26-20(28)16-13-24-21(27-19(16)25-17)23-12-14-7-5-4-6-8-14/h4-11,13H,12H2,1-3H3,(H,26,28)(H2,23,24,25,27). The van der Waals surface area contributed by atoms with E-state index in [1.165, 1.54) is 0 Å². The lowest BCUT2D eigenvalue weighted by molar-refractivity contribution is 0.102. The van der Waals surface area contributed by atoms with Crippen LogP contribution >= 0.6 is 0 Å². The van der Waals surface area contributed by atoms with Gasteiger partial charge in [0.2, 0.25) is 5.95 Å². The number of carbonyl (C=O) groups is 1. The van der Waals surface area contributed by atoms with Crippen LogP contribution in [0.3, 0.4) is 0 Å². The third-order valence-corrected chi connectivity index (χ3v) is 4.71. The lowest BCUT2D eigenvalue weighted by Crippen LogP contribution is -2.14. The highest BCUT2D eigenvalue weighted by Gasteiger charge is 2.23. The summed E-state index contributed by atoms with van der Waals surface area (Å²) in [6, 6.07) is 16.1. The second-order valence-corrected chi connectivity index (χ2v) is 7.88. The predicted molar refractivity (Wildman–Crippen MR) is 112 cm³/mol. The Hall–Kier alpha value is -3.41. The minimum Gasteiger partial charge on any atom is -0.350 e. The molecule has 1 amide bonds. The molecule has 6 heteroatoms. The molecule has 2 aromatic carbocycles. The van der Waals surface area contributed by atoms with Crippen molar-refractivity contribution in [3.63, 3.8) is 0 Å². The van der Waals surface area contributed by atoms with Crippen LogP contribution in [0.25, 0.3) is 0 Å². The first-order chi connectivity index (χ1) is 13.4. The number of carbonyl (C=O) groups excluding carboxylic acids is 1. The molecule has 3 N–H and O–H groups in total. The van der Waals surface area contributed by atoms with Gasteiger partial charge in [-0.05, 0) is 28.7 Å². The lowest BCUT2D eigenvalue weighted by atomic mass is 9.86. The molecular weight excluding hydrogens is 350 g/mol. The molecule has 2 heterocycles. The Bertz CT molecular complexity index is 1020. The summed E-state index contributed by atoms with van der Waals surface area (Å²) < 4.78 is 0. The normalized spacial score (nSPS) is 12.9. The Balaban J connectivity index is 1.61. The van der Waals surface area contributed by atoms with E-state index in [9.17, 15) is 4.79 Å². The van der Waals surface area contributed by atoms with Gasteiger partial charge in [0.05, 0.1) is 11.4 Å². The van der Waals surface area contributed by atoms with Gasteiger partial charge in [0.1, 0.15) is 11.4 Å². The highest BCUT2D eigenvalue weighted by molar-refractivity contribution is 6.11. The minimum absolute atomic E-state index is 0.00670. The third kappa shape index (κ3) is 3.67. The second-order valence-electron chi connectivity index (χ2n) is 7.88. The molecule has 0 saturated carbocycles. The van der Waals surface area contributed by atoms with Crippen LogP contribution in [0.2, 0.25) is 0 Å². The molecule has 0 aliphatic carbocycles. The Kier molecular flexibility index (Phi) is 4.47. The molecule has 142 valence electrons. The number of anilines is 4. The van der Waals surface area contributed by atoms with Crippen LogP contribution < -0.4 is 16.0 Å². The number of benzene rings is 2. The Morgan fingerprint density at radius 1 is 1.00 bits per heavy atom. The molecule has 1 aliphatic heterocycles.